The molecule has 82 valence electrons. The molecule has 0 spiro atoms. The third-order valence-electron chi connectivity index (χ3n) is 2.94. The molecule has 0 heterocycles. The van der Waals surface area contributed by atoms with Crippen molar-refractivity contribution in [1.82, 2.24) is 0 Å². The SMILES string of the molecule is COc1ccc(Br)c(CC(N)C2CC2)c1. The molecule has 2 nitrogen and oxygen atoms in total. The van der Waals surface area contributed by atoms with Crippen LogP contribution in [0.4, 0.5) is 0 Å². The van der Waals surface area contributed by atoms with Gasteiger partial charge in [0.25, 0.3) is 0 Å². The quantitative estimate of drug-likeness (QED) is 0.913. The summed E-state index contributed by atoms with van der Waals surface area (Å²) in [6.45, 7) is 0. The van der Waals surface area contributed by atoms with Crippen molar-refractivity contribution in [3.63, 3.8) is 0 Å². The van der Waals surface area contributed by atoms with Crippen molar-refractivity contribution in [3.05, 3.63) is 28.2 Å². The van der Waals surface area contributed by atoms with Gasteiger partial charge in [-0.05, 0) is 48.9 Å². The van der Waals surface area contributed by atoms with Gasteiger partial charge in [-0.2, -0.15) is 0 Å². The van der Waals surface area contributed by atoms with Crippen LogP contribution in [0.15, 0.2) is 22.7 Å². The standard InChI is InChI=1S/C12H16BrNO/c1-15-10-4-5-11(13)9(6-10)7-12(14)8-2-3-8/h4-6,8,12H,2-3,7,14H2,1H3. The zero-order valence-electron chi connectivity index (χ0n) is 8.87. The van der Waals surface area contributed by atoms with Gasteiger partial charge < -0.3 is 10.5 Å². The number of halogens is 1. The van der Waals surface area contributed by atoms with Crippen molar-refractivity contribution in [1.29, 1.82) is 0 Å². The predicted octanol–water partition coefficient (Wildman–Crippen LogP) is 2.74. The number of hydrogen-bond acceptors (Lipinski definition) is 2. The van der Waals surface area contributed by atoms with E-state index in [9.17, 15) is 0 Å². The highest BCUT2D eigenvalue weighted by atomic mass is 79.9. The molecule has 0 radical (unpaired) electrons. The molecule has 0 saturated heterocycles. The Bertz CT molecular complexity index is 349. The van der Waals surface area contributed by atoms with Gasteiger partial charge in [0.2, 0.25) is 0 Å². The van der Waals surface area contributed by atoms with E-state index in [2.05, 4.69) is 22.0 Å². The molecule has 1 aromatic rings. The van der Waals surface area contributed by atoms with Crippen molar-refractivity contribution >= 4 is 15.9 Å². The molecule has 1 aromatic carbocycles. The smallest absolute Gasteiger partial charge is 0.119 e. The number of rotatable bonds is 4. The number of methoxy groups -OCH3 is 1. The van der Waals surface area contributed by atoms with Crippen LogP contribution < -0.4 is 10.5 Å². The highest BCUT2D eigenvalue weighted by molar-refractivity contribution is 9.10. The van der Waals surface area contributed by atoms with Gasteiger partial charge in [0, 0.05) is 10.5 Å². The molecule has 1 fully saturated rings. The lowest BCUT2D eigenvalue weighted by molar-refractivity contribution is 0.414. The van der Waals surface area contributed by atoms with Crippen LogP contribution in [0, 0.1) is 5.92 Å². The van der Waals surface area contributed by atoms with Crippen LogP contribution in [0.25, 0.3) is 0 Å². The molecule has 1 saturated carbocycles. The molecule has 1 unspecified atom stereocenters. The normalized spacial score (nSPS) is 17.5. The zero-order valence-corrected chi connectivity index (χ0v) is 10.5. The van der Waals surface area contributed by atoms with Crippen LogP contribution in [-0.2, 0) is 6.42 Å². The first-order valence-corrected chi connectivity index (χ1v) is 6.08. The van der Waals surface area contributed by atoms with E-state index in [4.69, 9.17) is 10.5 Å². The lowest BCUT2D eigenvalue weighted by atomic mass is 10.0. The van der Waals surface area contributed by atoms with E-state index >= 15 is 0 Å². The van der Waals surface area contributed by atoms with Crippen LogP contribution in [0.1, 0.15) is 18.4 Å². The molecule has 0 aliphatic heterocycles. The molecule has 1 aliphatic rings. The molecule has 2 N–H and O–H groups in total. The van der Waals surface area contributed by atoms with E-state index in [1.807, 2.05) is 12.1 Å². The van der Waals surface area contributed by atoms with E-state index in [0.717, 1.165) is 22.6 Å². The van der Waals surface area contributed by atoms with Crippen molar-refractivity contribution in [3.8, 4) is 5.75 Å². The van der Waals surface area contributed by atoms with Crippen LogP contribution >= 0.6 is 15.9 Å². The van der Waals surface area contributed by atoms with E-state index < -0.39 is 0 Å². The summed E-state index contributed by atoms with van der Waals surface area (Å²) in [6.07, 6.45) is 3.52. The fraction of sp³-hybridized carbons (Fsp3) is 0.500. The molecule has 0 aromatic heterocycles. The van der Waals surface area contributed by atoms with Gasteiger partial charge in [-0.15, -0.1) is 0 Å². The van der Waals surface area contributed by atoms with Gasteiger partial charge in [0.1, 0.15) is 5.75 Å². The topological polar surface area (TPSA) is 35.2 Å². The summed E-state index contributed by atoms with van der Waals surface area (Å²) in [6, 6.07) is 6.34. The van der Waals surface area contributed by atoms with Crippen molar-refractivity contribution < 1.29 is 4.74 Å². The minimum Gasteiger partial charge on any atom is -0.497 e. The second kappa shape index (κ2) is 4.54. The lowest BCUT2D eigenvalue weighted by Gasteiger charge is -2.12. The Morgan fingerprint density at radius 3 is 2.87 bits per heavy atom. The molecular weight excluding hydrogens is 254 g/mol. The molecule has 1 aliphatic carbocycles. The Balaban J connectivity index is 2.11. The van der Waals surface area contributed by atoms with Crippen LogP contribution in [0.5, 0.6) is 5.75 Å². The summed E-state index contributed by atoms with van der Waals surface area (Å²) in [5, 5.41) is 0. The minimum atomic E-state index is 0.299. The highest BCUT2D eigenvalue weighted by Crippen LogP contribution is 2.34. The number of benzene rings is 1. The van der Waals surface area contributed by atoms with Gasteiger partial charge in [-0.25, -0.2) is 0 Å². The van der Waals surface area contributed by atoms with Crippen LogP contribution in [0.3, 0.4) is 0 Å². The Hall–Kier alpha value is -0.540. The first-order valence-electron chi connectivity index (χ1n) is 5.28. The van der Waals surface area contributed by atoms with Crippen molar-refractivity contribution in [2.75, 3.05) is 7.11 Å². The van der Waals surface area contributed by atoms with Gasteiger partial charge in [-0.3, -0.25) is 0 Å². The average molecular weight is 270 g/mol. The molecule has 0 amide bonds. The fourth-order valence-electron chi connectivity index (χ4n) is 1.78. The predicted molar refractivity (Wildman–Crippen MR) is 65.1 cm³/mol. The van der Waals surface area contributed by atoms with Gasteiger partial charge in [0.05, 0.1) is 7.11 Å². The van der Waals surface area contributed by atoms with Crippen molar-refractivity contribution in [2.24, 2.45) is 11.7 Å². The summed E-state index contributed by atoms with van der Waals surface area (Å²) >= 11 is 3.55. The Morgan fingerprint density at radius 2 is 2.27 bits per heavy atom. The van der Waals surface area contributed by atoms with Gasteiger partial charge in [0.15, 0.2) is 0 Å². The van der Waals surface area contributed by atoms with Gasteiger partial charge >= 0.3 is 0 Å². The third kappa shape index (κ3) is 2.73. The molecule has 1 atom stereocenters. The second-order valence-electron chi connectivity index (χ2n) is 4.16. The van der Waals surface area contributed by atoms with E-state index in [1.165, 1.54) is 18.4 Å². The van der Waals surface area contributed by atoms with Crippen LogP contribution in [-0.4, -0.2) is 13.2 Å². The molecule has 2 rings (SSSR count). The first-order chi connectivity index (χ1) is 7.20. The number of ether oxygens (including phenoxy) is 1. The lowest BCUT2D eigenvalue weighted by Crippen LogP contribution is -2.25. The molecule has 3 heteroatoms. The molecule has 15 heavy (non-hydrogen) atoms. The minimum absolute atomic E-state index is 0.299. The zero-order chi connectivity index (χ0) is 10.8. The Morgan fingerprint density at radius 1 is 1.53 bits per heavy atom. The number of hydrogen-bond donors (Lipinski definition) is 1. The third-order valence-corrected chi connectivity index (χ3v) is 3.71. The maximum Gasteiger partial charge on any atom is 0.119 e. The van der Waals surface area contributed by atoms with Crippen LogP contribution in [0.2, 0.25) is 0 Å². The largest absolute Gasteiger partial charge is 0.497 e. The second-order valence-corrected chi connectivity index (χ2v) is 5.02. The maximum absolute atomic E-state index is 6.11. The Labute approximate surface area is 98.9 Å². The summed E-state index contributed by atoms with van der Waals surface area (Å²) in [5.74, 6) is 1.64. The van der Waals surface area contributed by atoms with E-state index in [1.54, 1.807) is 7.11 Å². The number of nitrogens with two attached hydrogens (primary N) is 1. The average Bonchev–Trinajstić information content (AvgIpc) is 3.04. The molecular formula is C12H16BrNO. The monoisotopic (exact) mass is 269 g/mol. The Kier molecular flexibility index (Phi) is 3.32. The van der Waals surface area contributed by atoms with Gasteiger partial charge in [-0.1, -0.05) is 15.9 Å². The summed E-state index contributed by atoms with van der Waals surface area (Å²) in [4.78, 5) is 0. The highest BCUT2D eigenvalue weighted by Gasteiger charge is 2.28. The maximum atomic E-state index is 6.11. The fourth-order valence-corrected chi connectivity index (χ4v) is 2.19. The molecule has 0 bridgehead atoms. The summed E-state index contributed by atoms with van der Waals surface area (Å²) in [7, 11) is 1.69. The first kappa shape index (κ1) is 11.0. The van der Waals surface area contributed by atoms with E-state index in [-0.39, 0.29) is 0 Å². The van der Waals surface area contributed by atoms with Crippen molar-refractivity contribution in [2.45, 2.75) is 25.3 Å². The summed E-state index contributed by atoms with van der Waals surface area (Å²) < 4.78 is 6.33. The van der Waals surface area contributed by atoms with E-state index in [0.29, 0.717) is 6.04 Å². The summed E-state index contributed by atoms with van der Waals surface area (Å²) in [5.41, 5.74) is 7.35.